The number of nitro groups is 1. The van der Waals surface area contributed by atoms with Crippen molar-refractivity contribution >= 4 is 22.4 Å². The molecule has 0 atom stereocenters. The standard InChI is InChI=1S/C15H17N3O3/c19-9-8-17(12-2-1-3-12)15-7-4-11-10-13(18(20)21)5-6-14(11)16-15/h4-7,10,12,19H,1-3,8-9H2. The molecule has 0 unspecified atom stereocenters. The molecule has 21 heavy (non-hydrogen) atoms. The Morgan fingerprint density at radius 3 is 2.76 bits per heavy atom. The van der Waals surface area contributed by atoms with Crippen molar-refractivity contribution in [2.24, 2.45) is 0 Å². The maximum Gasteiger partial charge on any atom is 0.270 e. The van der Waals surface area contributed by atoms with E-state index in [1.807, 2.05) is 12.1 Å². The number of anilines is 1. The van der Waals surface area contributed by atoms with Gasteiger partial charge in [0.25, 0.3) is 5.69 Å². The molecular weight excluding hydrogens is 270 g/mol. The first-order valence-corrected chi connectivity index (χ1v) is 7.12. The second kappa shape index (κ2) is 5.65. The molecule has 1 aromatic carbocycles. The molecule has 110 valence electrons. The highest BCUT2D eigenvalue weighted by molar-refractivity contribution is 5.82. The van der Waals surface area contributed by atoms with E-state index in [9.17, 15) is 15.2 Å². The molecule has 1 N–H and O–H groups in total. The second-order valence-corrected chi connectivity index (χ2v) is 5.31. The summed E-state index contributed by atoms with van der Waals surface area (Å²) in [7, 11) is 0. The Kier molecular flexibility index (Phi) is 3.70. The molecule has 1 saturated carbocycles. The number of rotatable bonds is 5. The Hall–Kier alpha value is -2.21. The first kappa shape index (κ1) is 13.8. The summed E-state index contributed by atoms with van der Waals surface area (Å²) in [6, 6.07) is 8.85. The number of aliphatic hydroxyl groups excluding tert-OH is 1. The van der Waals surface area contributed by atoms with E-state index in [0.29, 0.717) is 12.6 Å². The van der Waals surface area contributed by atoms with Gasteiger partial charge < -0.3 is 10.0 Å². The largest absolute Gasteiger partial charge is 0.395 e. The predicted molar refractivity (Wildman–Crippen MR) is 80.5 cm³/mol. The molecule has 0 spiro atoms. The molecule has 1 fully saturated rings. The smallest absolute Gasteiger partial charge is 0.270 e. The first-order valence-electron chi connectivity index (χ1n) is 7.12. The quantitative estimate of drug-likeness (QED) is 0.675. The molecule has 1 heterocycles. The number of benzene rings is 1. The van der Waals surface area contributed by atoms with E-state index in [1.165, 1.54) is 18.6 Å². The third-order valence-corrected chi connectivity index (χ3v) is 4.02. The van der Waals surface area contributed by atoms with E-state index >= 15 is 0 Å². The van der Waals surface area contributed by atoms with Crippen LogP contribution < -0.4 is 4.90 Å². The van der Waals surface area contributed by atoms with Crippen LogP contribution >= 0.6 is 0 Å². The maximum atomic E-state index is 10.8. The average molecular weight is 287 g/mol. The third kappa shape index (κ3) is 2.67. The van der Waals surface area contributed by atoms with Crippen molar-refractivity contribution in [1.82, 2.24) is 4.98 Å². The van der Waals surface area contributed by atoms with Crippen LogP contribution in [0.25, 0.3) is 10.9 Å². The number of nitrogens with zero attached hydrogens (tertiary/aromatic N) is 3. The van der Waals surface area contributed by atoms with Gasteiger partial charge in [-0.1, -0.05) is 0 Å². The van der Waals surface area contributed by atoms with Gasteiger partial charge in [-0.15, -0.1) is 0 Å². The fourth-order valence-corrected chi connectivity index (χ4v) is 2.67. The molecular formula is C15H17N3O3. The lowest BCUT2D eigenvalue weighted by Gasteiger charge is -2.38. The lowest BCUT2D eigenvalue weighted by atomic mass is 9.91. The molecule has 0 amide bonds. The van der Waals surface area contributed by atoms with Gasteiger partial charge in [-0.2, -0.15) is 0 Å². The Morgan fingerprint density at radius 1 is 1.33 bits per heavy atom. The molecule has 1 aliphatic carbocycles. The van der Waals surface area contributed by atoms with Gasteiger partial charge in [-0.25, -0.2) is 4.98 Å². The molecule has 2 aromatic rings. The fraction of sp³-hybridized carbons (Fsp3) is 0.400. The van der Waals surface area contributed by atoms with Crippen LogP contribution in [0.2, 0.25) is 0 Å². The third-order valence-electron chi connectivity index (χ3n) is 4.02. The summed E-state index contributed by atoms with van der Waals surface area (Å²) in [4.78, 5) is 17.1. The number of aromatic nitrogens is 1. The van der Waals surface area contributed by atoms with Gasteiger partial charge in [0.2, 0.25) is 0 Å². The fourth-order valence-electron chi connectivity index (χ4n) is 2.67. The van der Waals surface area contributed by atoms with Gasteiger partial charge >= 0.3 is 0 Å². The summed E-state index contributed by atoms with van der Waals surface area (Å²) >= 11 is 0. The van der Waals surface area contributed by atoms with Crippen LogP contribution in [0.3, 0.4) is 0 Å². The minimum absolute atomic E-state index is 0.0725. The summed E-state index contributed by atoms with van der Waals surface area (Å²) in [6.45, 7) is 0.659. The topological polar surface area (TPSA) is 79.5 Å². The number of aliphatic hydroxyl groups is 1. The van der Waals surface area contributed by atoms with Gasteiger partial charge in [0.1, 0.15) is 5.82 Å². The van der Waals surface area contributed by atoms with E-state index in [2.05, 4.69) is 9.88 Å². The highest BCUT2D eigenvalue weighted by Crippen LogP contribution is 2.30. The van der Waals surface area contributed by atoms with E-state index in [1.54, 1.807) is 6.07 Å². The number of pyridine rings is 1. The van der Waals surface area contributed by atoms with Crippen LogP contribution in [0.15, 0.2) is 30.3 Å². The van der Waals surface area contributed by atoms with Gasteiger partial charge in [0, 0.05) is 30.1 Å². The molecule has 0 aliphatic heterocycles. The summed E-state index contributed by atoms with van der Waals surface area (Å²) in [5, 5.41) is 20.8. The summed E-state index contributed by atoms with van der Waals surface area (Å²) in [6.07, 6.45) is 3.46. The van der Waals surface area contributed by atoms with Crippen molar-refractivity contribution in [1.29, 1.82) is 0 Å². The molecule has 0 radical (unpaired) electrons. The lowest BCUT2D eigenvalue weighted by molar-refractivity contribution is -0.384. The number of hydrogen-bond acceptors (Lipinski definition) is 5. The Balaban J connectivity index is 1.95. The van der Waals surface area contributed by atoms with Crippen LogP contribution in [0, 0.1) is 10.1 Å². The molecule has 6 heteroatoms. The Labute approximate surface area is 122 Å². The van der Waals surface area contributed by atoms with Crippen molar-refractivity contribution in [2.75, 3.05) is 18.1 Å². The Morgan fingerprint density at radius 2 is 2.14 bits per heavy atom. The maximum absolute atomic E-state index is 10.8. The van der Waals surface area contributed by atoms with Crippen molar-refractivity contribution in [2.45, 2.75) is 25.3 Å². The zero-order valence-corrected chi connectivity index (χ0v) is 11.6. The van der Waals surface area contributed by atoms with E-state index < -0.39 is 4.92 Å². The summed E-state index contributed by atoms with van der Waals surface area (Å²) in [5.41, 5.74) is 0.809. The first-order chi connectivity index (χ1) is 10.2. The van der Waals surface area contributed by atoms with Crippen LogP contribution in [0.5, 0.6) is 0 Å². The van der Waals surface area contributed by atoms with Crippen molar-refractivity contribution in [3.63, 3.8) is 0 Å². The van der Waals surface area contributed by atoms with Gasteiger partial charge in [-0.05, 0) is 37.5 Å². The van der Waals surface area contributed by atoms with Gasteiger partial charge in [0.15, 0.2) is 0 Å². The summed E-state index contributed by atoms with van der Waals surface area (Å²) in [5.74, 6) is 0.829. The van der Waals surface area contributed by atoms with Crippen molar-refractivity contribution in [3.05, 3.63) is 40.4 Å². The summed E-state index contributed by atoms with van der Waals surface area (Å²) < 4.78 is 0. The van der Waals surface area contributed by atoms with E-state index in [4.69, 9.17) is 0 Å². The zero-order valence-electron chi connectivity index (χ0n) is 11.6. The highest BCUT2D eigenvalue weighted by Gasteiger charge is 2.25. The SMILES string of the molecule is O=[N+]([O-])c1ccc2nc(N(CCO)C3CCC3)ccc2c1. The normalized spacial score (nSPS) is 14.9. The van der Waals surface area contributed by atoms with E-state index in [-0.39, 0.29) is 12.3 Å². The predicted octanol–water partition coefficient (Wildman–Crippen LogP) is 2.49. The molecule has 3 rings (SSSR count). The zero-order chi connectivity index (χ0) is 14.8. The van der Waals surface area contributed by atoms with Crippen molar-refractivity contribution in [3.8, 4) is 0 Å². The Bertz CT molecular complexity index is 670. The number of non-ortho nitro benzene ring substituents is 1. The second-order valence-electron chi connectivity index (χ2n) is 5.31. The van der Waals surface area contributed by atoms with Crippen LogP contribution in [-0.4, -0.2) is 34.2 Å². The molecule has 1 aliphatic rings. The van der Waals surface area contributed by atoms with Gasteiger partial charge in [-0.3, -0.25) is 10.1 Å². The van der Waals surface area contributed by atoms with Gasteiger partial charge in [0.05, 0.1) is 17.0 Å². The minimum Gasteiger partial charge on any atom is -0.395 e. The van der Waals surface area contributed by atoms with E-state index in [0.717, 1.165) is 29.6 Å². The highest BCUT2D eigenvalue weighted by atomic mass is 16.6. The minimum atomic E-state index is -0.403. The van der Waals surface area contributed by atoms with Crippen LogP contribution in [0.4, 0.5) is 11.5 Å². The number of hydrogen-bond donors (Lipinski definition) is 1. The molecule has 0 saturated heterocycles. The molecule has 0 bridgehead atoms. The lowest BCUT2D eigenvalue weighted by Crippen LogP contribution is -2.42. The number of nitro benzene ring substituents is 1. The molecule has 1 aromatic heterocycles. The van der Waals surface area contributed by atoms with Crippen LogP contribution in [0.1, 0.15) is 19.3 Å². The molecule has 6 nitrogen and oxygen atoms in total. The monoisotopic (exact) mass is 287 g/mol. The average Bonchev–Trinajstić information content (AvgIpc) is 2.43. The number of fused-ring (bicyclic) bond motifs is 1. The van der Waals surface area contributed by atoms with Crippen LogP contribution in [-0.2, 0) is 0 Å². The van der Waals surface area contributed by atoms with Crippen molar-refractivity contribution < 1.29 is 10.0 Å².